The molecule has 0 radical (unpaired) electrons. The van der Waals surface area contributed by atoms with E-state index < -0.39 is 0 Å². The lowest BCUT2D eigenvalue weighted by Crippen LogP contribution is -2.37. The minimum atomic E-state index is 0.291. The lowest BCUT2D eigenvalue weighted by molar-refractivity contribution is -0.0709. The highest BCUT2D eigenvalue weighted by Gasteiger charge is 2.29. The minimum Gasteiger partial charge on any atom is -0.379 e. The van der Waals surface area contributed by atoms with Crippen LogP contribution in [0.1, 0.15) is 6.92 Å². The van der Waals surface area contributed by atoms with Gasteiger partial charge in [-0.3, -0.25) is 0 Å². The number of nitrogens with two attached hydrogens (primary N) is 1. The summed E-state index contributed by atoms with van der Waals surface area (Å²) in [5.74, 6) is 0. The van der Waals surface area contributed by atoms with Gasteiger partial charge in [0.2, 0.25) is 0 Å². The fourth-order valence-electron chi connectivity index (χ4n) is 0.873. The van der Waals surface area contributed by atoms with Gasteiger partial charge in [0, 0.05) is 12.0 Å². The molecule has 2 nitrogen and oxygen atoms in total. The Balaban J connectivity index is 2.32. The van der Waals surface area contributed by atoms with Crippen molar-refractivity contribution in [3.63, 3.8) is 0 Å². The Morgan fingerprint density at radius 1 is 1.67 bits per heavy atom. The molecule has 0 aromatic heterocycles. The lowest BCUT2D eigenvalue weighted by Gasteiger charge is -2.35. The fourth-order valence-corrected chi connectivity index (χ4v) is 0.873. The van der Waals surface area contributed by atoms with E-state index in [0.717, 1.165) is 13.2 Å². The largest absolute Gasteiger partial charge is 0.379 e. The summed E-state index contributed by atoms with van der Waals surface area (Å²) in [6.07, 6.45) is 4.12. The van der Waals surface area contributed by atoms with Gasteiger partial charge in [-0.2, -0.15) is 0 Å². The summed E-state index contributed by atoms with van der Waals surface area (Å²) in [7, 11) is 0. The summed E-state index contributed by atoms with van der Waals surface area (Å²) in [5, 5.41) is 0. The molecule has 1 saturated heterocycles. The molecule has 0 atom stereocenters. The zero-order chi connectivity index (χ0) is 6.74. The second-order valence-corrected chi connectivity index (χ2v) is 2.78. The highest BCUT2D eigenvalue weighted by molar-refractivity contribution is 5.01. The molecule has 1 aliphatic rings. The van der Waals surface area contributed by atoms with Crippen molar-refractivity contribution in [3.8, 4) is 0 Å². The highest BCUT2D eigenvalue weighted by Crippen LogP contribution is 2.27. The number of hydrogen-bond donors (Lipinski definition) is 1. The van der Waals surface area contributed by atoms with Crippen LogP contribution >= 0.6 is 0 Å². The van der Waals surface area contributed by atoms with Crippen LogP contribution in [0.4, 0.5) is 0 Å². The molecular weight excluding hydrogens is 114 g/mol. The van der Waals surface area contributed by atoms with Gasteiger partial charge in [0.25, 0.3) is 0 Å². The minimum absolute atomic E-state index is 0.291. The summed E-state index contributed by atoms with van der Waals surface area (Å²) in [4.78, 5) is 0. The van der Waals surface area contributed by atoms with Crippen molar-refractivity contribution in [1.29, 1.82) is 0 Å². The average molecular weight is 127 g/mol. The summed E-state index contributed by atoms with van der Waals surface area (Å²) in [6.45, 7) is 4.51. The summed E-state index contributed by atoms with van der Waals surface area (Å²) in [5.41, 5.74) is 5.58. The maximum atomic E-state index is 5.29. The average Bonchev–Trinajstić information content (AvgIpc) is 1.79. The Bertz CT molecular complexity index is 116. The Hall–Kier alpha value is -0.340. The van der Waals surface area contributed by atoms with Crippen LogP contribution < -0.4 is 5.73 Å². The monoisotopic (exact) mass is 127 g/mol. The van der Waals surface area contributed by atoms with Crippen molar-refractivity contribution in [1.82, 2.24) is 0 Å². The van der Waals surface area contributed by atoms with E-state index in [-0.39, 0.29) is 0 Å². The first-order valence-electron chi connectivity index (χ1n) is 3.22. The molecule has 2 heteroatoms. The zero-order valence-electron chi connectivity index (χ0n) is 5.76. The van der Waals surface area contributed by atoms with E-state index in [1.165, 1.54) is 0 Å². The molecule has 0 saturated carbocycles. The first-order valence-corrected chi connectivity index (χ1v) is 3.22. The van der Waals surface area contributed by atoms with E-state index in [0.29, 0.717) is 12.0 Å². The smallest absolute Gasteiger partial charge is 0.0576 e. The van der Waals surface area contributed by atoms with E-state index in [4.69, 9.17) is 10.5 Å². The third kappa shape index (κ3) is 1.53. The number of ether oxygens (including phenoxy) is 1. The summed E-state index contributed by atoms with van der Waals surface area (Å²) >= 11 is 0. The van der Waals surface area contributed by atoms with Gasteiger partial charge in [-0.25, -0.2) is 0 Å². The quantitative estimate of drug-likeness (QED) is 0.549. The molecule has 1 aliphatic heterocycles. The van der Waals surface area contributed by atoms with E-state index in [1.807, 2.05) is 6.08 Å². The van der Waals surface area contributed by atoms with Crippen molar-refractivity contribution in [3.05, 3.63) is 12.2 Å². The van der Waals surface area contributed by atoms with Crippen LogP contribution in [-0.4, -0.2) is 19.8 Å². The van der Waals surface area contributed by atoms with Crippen molar-refractivity contribution in [2.24, 2.45) is 11.1 Å². The Morgan fingerprint density at radius 3 is 2.67 bits per heavy atom. The van der Waals surface area contributed by atoms with Gasteiger partial charge in [0.05, 0.1) is 13.2 Å². The zero-order valence-corrected chi connectivity index (χ0v) is 5.76. The normalized spacial score (nSPS) is 24.2. The second kappa shape index (κ2) is 2.50. The Morgan fingerprint density at radius 2 is 2.33 bits per heavy atom. The molecule has 0 unspecified atom stereocenters. The number of hydrogen-bond acceptors (Lipinski definition) is 2. The van der Waals surface area contributed by atoms with Crippen LogP contribution in [0.3, 0.4) is 0 Å². The molecule has 9 heavy (non-hydrogen) atoms. The predicted molar refractivity (Wildman–Crippen MR) is 37.1 cm³/mol. The molecule has 2 N–H and O–H groups in total. The van der Waals surface area contributed by atoms with Gasteiger partial charge in [-0.1, -0.05) is 19.1 Å². The molecular formula is C7H13NO. The van der Waals surface area contributed by atoms with E-state index >= 15 is 0 Å². The molecule has 0 bridgehead atoms. The van der Waals surface area contributed by atoms with Crippen molar-refractivity contribution in [2.75, 3.05) is 19.8 Å². The molecule has 0 aliphatic carbocycles. The molecule has 1 rings (SSSR count). The molecule has 52 valence electrons. The molecule has 1 fully saturated rings. The van der Waals surface area contributed by atoms with Crippen LogP contribution in [0.15, 0.2) is 12.2 Å². The van der Waals surface area contributed by atoms with Gasteiger partial charge in [0.15, 0.2) is 0 Å². The van der Waals surface area contributed by atoms with Gasteiger partial charge in [0.1, 0.15) is 0 Å². The maximum absolute atomic E-state index is 5.29. The van der Waals surface area contributed by atoms with Crippen LogP contribution in [0.5, 0.6) is 0 Å². The Kier molecular flexibility index (Phi) is 1.88. The Labute approximate surface area is 55.7 Å². The lowest BCUT2D eigenvalue weighted by atomic mass is 9.88. The van der Waals surface area contributed by atoms with E-state index in [9.17, 15) is 0 Å². The van der Waals surface area contributed by atoms with E-state index in [2.05, 4.69) is 13.0 Å². The number of rotatable bonds is 2. The van der Waals surface area contributed by atoms with Crippen molar-refractivity contribution in [2.45, 2.75) is 6.92 Å². The van der Waals surface area contributed by atoms with Gasteiger partial charge >= 0.3 is 0 Å². The maximum Gasteiger partial charge on any atom is 0.0576 e. The van der Waals surface area contributed by atoms with Gasteiger partial charge in [-0.05, 0) is 0 Å². The molecule has 0 amide bonds. The second-order valence-electron chi connectivity index (χ2n) is 2.78. The summed E-state index contributed by atoms with van der Waals surface area (Å²) < 4.78 is 5.04. The fraction of sp³-hybridized carbons (Fsp3) is 0.714. The van der Waals surface area contributed by atoms with Gasteiger partial charge < -0.3 is 10.5 Å². The highest BCUT2D eigenvalue weighted by atomic mass is 16.5. The third-order valence-corrected chi connectivity index (χ3v) is 1.52. The third-order valence-electron chi connectivity index (χ3n) is 1.52. The van der Waals surface area contributed by atoms with Crippen LogP contribution in [-0.2, 0) is 4.74 Å². The standard InChI is InChI=1S/C7H13NO/c1-7(3-2-4-8)5-9-6-7/h2-3H,4-6,8H2,1H3/b3-2+. The molecule has 0 aromatic carbocycles. The van der Waals surface area contributed by atoms with Gasteiger partial charge in [-0.15, -0.1) is 0 Å². The van der Waals surface area contributed by atoms with Crippen LogP contribution in [0.2, 0.25) is 0 Å². The first-order chi connectivity index (χ1) is 4.27. The predicted octanol–water partition coefficient (Wildman–Crippen LogP) is 0.538. The van der Waals surface area contributed by atoms with Crippen molar-refractivity contribution >= 4 is 0 Å². The molecule has 0 aromatic rings. The van der Waals surface area contributed by atoms with Crippen molar-refractivity contribution < 1.29 is 4.74 Å². The van der Waals surface area contributed by atoms with Crippen LogP contribution in [0, 0.1) is 5.41 Å². The SMILES string of the molecule is CC1(/C=C/CN)COC1. The summed E-state index contributed by atoms with van der Waals surface area (Å²) in [6, 6.07) is 0. The molecule has 1 heterocycles. The molecule has 0 spiro atoms. The first kappa shape index (κ1) is 6.78. The van der Waals surface area contributed by atoms with E-state index in [1.54, 1.807) is 0 Å². The topological polar surface area (TPSA) is 35.2 Å². The van der Waals surface area contributed by atoms with Crippen LogP contribution in [0.25, 0.3) is 0 Å².